The van der Waals surface area contributed by atoms with E-state index in [1.165, 1.54) is 0 Å². The molecule has 0 saturated heterocycles. The number of hydrogen-bond acceptors (Lipinski definition) is 4. The molecular weight excluding hydrogens is 196 g/mol. The lowest BCUT2D eigenvalue weighted by atomic mass is 10.2. The number of rotatable bonds is 6. The summed E-state index contributed by atoms with van der Waals surface area (Å²) in [7, 11) is 3.68. The van der Waals surface area contributed by atoms with Crippen molar-refractivity contribution in [2.75, 3.05) is 14.2 Å². The van der Waals surface area contributed by atoms with E-state index in [1.807, 2.05) is 7.05 Å². The summed E-state index contributed by atoms with van der Waals surface area (Å²) in [5, 5.41) is 6.28. The monoisotopic (exact) mass is 214 g/mol. The van der Waals surface area contributed by atoms with Crippen molar-refractivity contribution in [3.8, 4) is 0 Å². The van der Waals surface area contributed by atoms with E-state index in [0.29, 0.717) is 0 Å². The lowest BCUT2D eigenvalue weighted by Crippen LogP contribution is -2.06. The average molecular weight is 214 g/mol. The first-order valence-electron chi connectivity index (χ1n) is 4.93. The fraction of sp³-hybridized carbons (Fsp3) is 0.700. The SMILES string of the molecule is CCCC(OC)c1nc(CNC)cs1. The van der Waals surface area contributed by atoms with Crippen LogP contribution in [0.2, 0.25) is 0 Å². The molecule has 1 heterocycles. The van der Waals surface area contributed by atoms with Crippen molar-refractivity contribution in [3.05, 3.63) is 16.1 Å². The Kier molecular flexibility index (Phi) is 5.07. The maximum absolute atomic E-state index is 5.40. The Labute approximate surface area is 89.5 Å². The van der Waals surface area contributed by atoms with Crippen LogP contribution in [0, 0.1) is 0 Å². The van der Waals surface area contributed by atoms with Crippen LogP contribution in [0.25, 0.3) is 0 Å². The molecule has 4 heteroatoms. The van der Waals surface area contributed by atoms with Gasteiger partial charge in [-0.2, -0.15) is 0 Å². The molecule has 0 bridgehead atoms. The molecule has 0 saturated carbocycles. The van der Waals surface area contributed by atoms with Crippen molar-refractivity contribution in [2.45, 2.75) is 32.4 Å². The van der Waals surface area contributed by atoms with E-state index in [4.69, 9.17) is 4.74 Å². The Balaban J connectivity index is 2.63. The third-order valence-electron chi connectivity index (χ3n) is 2.04. The molecule has 0 aliphatic carbocycles. The topological polar surface area (TPSA) is 34.1 Å². The third-order valence-corrected chi connectivity index (χ3v) is 3.02. The maximum Gasteiger partial charge on any atom is 0.122 e. The zero-order valence-electron chi connectivity index (χ0n) is 9.04. The number of aromatic nitrogens is 1. The summed E-state index contributed by atoms with van der Waals surface area (Å²) in [6, 6.07) is 0. The van der Waals surface area contributed by atoms with Crippen LogP contribution in [0.15, 0.2) is 5.38 Å². The number of ether oxygens (including phenoxy) is 1. The zero-order chi connectivity index (χ0) is 10.4. The number of hydrogen-bond donors (Lipinski definition) is 1. The van der Waals surface area contributed by atoms with Crippen LogP contribution >= 0.6 is 11.3 Å². The third kappa shape index (κ3) is 3.04. The molecule has 14 heavy (non-hydrogen) atoms. The predicted molar refractivity (Wildman–Crippen MR) is 59.5 cm³/mol. The normalized spacial score (nSPS) is 13.1. The molecule has 0 spiro atoms. The number of methoxy groups -OCH3 is 1. The van der Waals surface area contributed by atoms with Crippen molar-refractivity contribution >= 4 is 11.3 Å². The Morgan fingerprint density at radius 3 is 3.00 bits per heavy atom. The van der Waals surface area contributed by atoms with E-state index < -0.39 is 0 Å². The van der Waals surface area contributed by atoms with Gasteiger partial charge in [-0.1, -0.05) is 13.3 Å². The van der Waals surface area contributed by atoms with Crippen molar-refractivity contribution in [1.82, 2.24) is 10.3 Å². The molecule has 1 rings (SSSR count). The number of nitrogens with one attached hydrogen (secondary N) is 1. The van der Waals surface area contributed by atoms with Crippen molar-refractivity contribution in [2.24, 2.45) is 0 Å². The maximum atomic E-state index is 5.40. The lowest BCUT2D eigenvalue weighted by molar-refractivity contribution is 0.0946. The molecule has 0 aliphatic heterocycles. The van der Waals surface area contributed by atoms with E-state index in [-0.39, 0.29) is 6.10 Å². The molecule has 0 amide bonds. The molecule has 1 unspecified atom stereocenters. The second-order valence-corrected chi connectivity index (χ2v) is 4.11. The Morgan fingerprint density at radius 1 is 1.64 bits per heavy atom. The first-order valence-corrected chi connectivity index (χ1v) is 5.81. The van der Waals surface area contributed by atoms with E-state index in [0.717, 1.165) is 30.1 Å². The number of thiazole rings is 1. The van der Waals surface area contributed by atoms with E-state index in [9.17, 15) is 0 Å². The summed E-state index contributed by atoms with van der Waals surface area (Å²) in [5.41, 5.74) is 1.10. The van der Waals surface area contributed by atoms with Gasteiger partial charge in [-0.05, 0) is 13.5 Å². The van der Waals surface area contributed by atoms with Gasteiger partial charge in [-0.3, -0.25) is 0 Å². The largest absolute Gasteiger partial charge is 0.374 e. The Bertz CT molecular complexity index is 262. The second kappa shape index (κ2) is 6.11. The van der Waals surface area contributed by atoms with Crippen LogP contribution in [0.5, 0.6) is 0 Å². The molecule has 3 nitrogen and oxygen atoms in total. The summed E-state index contributed by atoms with van der Waals surface area (Å²) < 4.78 is 5.40. The smallest absolute Gasteiger partial charge is 0.122 e. The molecule has 0 aliphatic rings. The van der Waals surface area contributed by atoms with Gasteiger partial charge in [0.15, 0.2) is 0 Å². The molecular formula is C10H18N2OS. The Morgan fingerprint density at radius 2 is 2.43 bits per heavy atom. The Hall–Kier alpha value is -0.450. The molecule has 0 aromatic carbocycles. The van der Waals surface area contributed by atoms with E-state index in [2.05, 4.69) is 22.6 Å². The van der Waals surface area contributed by atoms with E-state index in [1.54, 1.807) is 18.4 Å². The standard InChI is InChI=1S/C10H18N2OS/c1-4-5-9(13-3)10-12-8(6-11-2)7-14-10/h7,9,11H,4-6H2,1-3H3. The predicted octanol–water partition coefficient (Wildman–Crippen LogP) is 2.35. The van der Waals surface area contributed by atoms with Gasteiger partial charge in [-0.15, -0.1) is 11.3 Å². The second-order valence-electron chi connectivity index (χ2n) is 3.22. The molecule has 0 radical (unpaired) electrons. The fourth-order valence-electron chi connectivity index (χ4n) is 1.34. The first kappa shape index (κ1) is 11.6. The van der Waals surface area contributed by atoms with Gasteiger partial charge < -0.3 is 10.1 Å². The van der Waals surface area contributed by atoms with Crippen LogP contribution in [-0.4, -0.2) is 19.1 Å². The molecule has 1 atom stereocenters. The van der Waals surface area contributed by atoms with Crippen LogP contribution in [0.3, 0.4) is 0 Å². The van der Waals surface area contributed by atoms with Gasteiger partial charge in [0, 0.05) is 19.0 Å². The van der Waals surface area contributed by atoms with Crippen LogP contribution < -0.4 is 5.32 Å². The highest BCUT2D eigenvalue weighted by Gasteiger charge is 2.13. The van der Waals surface area contributed by atoms with Gasteiger partial charge in [0.1, 0.15) is 11.1 Å². The molecule has 1 aromatic rings. The molecule has 80 valence electrons. The first-order chi connectivity index (χ1) is 6.81. The van der Waals surface area contributed by atoms with Gasteiger partial charge in [0.25, 0.3) is 0 Å². The average Bonchev–Trinajstić information content (AvgIpc) is 2.63. The van der Waals surface area contributed by atoms with Gasteiger partial charge in [0.2, 0.25) is 0 Å². The summed E-state index contributed by atoms with van der Waals surface area (Å²) in [5.74, 6) is 0. The lowest BCUT2D eigenvalue weighted by Gasteiger charge is -2.10. The highest BCUT2D eigenvalue weighted by molar-refractivity contribution is 7.09. The summed E-state index contributed by atoms with van der Waals surface area (Å²) >= 11 is 1.69. The van der Waals surface area contributed by atoms with Gasteiger partial charge in [0.05, 0.1) is 5.69 Å². The number of nitrogens with zero attached hydrogens (tertiary/aromatic N) is 1. The summed E-state index contributed by atoms with van der Waals surface area (Å²) in [4.78, 5) is 4.52. The highest BCUT2D eigenvalue weighted by Crippen LogP contribution is 2.25. The van der Waals surface area contributed by atoms with Crippen LogP contribution in [-0.2, 0) is 11.3 Å². The quantitative estimate of drug-likeness (QED) is 0.789. The molecule has 1 aromatic heterocycles. The molecule has 1 N–H and O–H groups in total. The van der Waals surface area contributed by atoms with Crippen LogP contribution in [0.1, 0.15) is 36.6 Å². The minimum absolute atomic E-state index is 0.176. The minimum atomic E-state index is 0.176. The highest BCUT2D eigenvalue weighted by atomic mass is 32.1. The van der Waals surface area contributed by atoms with Crippen molar-refractivity contribution in [3.63, 3.8) is 0 Å². The van der Waals surface area contributed by atoms with Crippen molar-refractivity contribution in [1.29, 1.82) is 0 Å². The van der Waals surface area contributed by atoms with Crippen LogP contribution in [0.4, 0.5) is 0 Å². The summed E-state index contributed by atoms with van der Waals surface area (Å²) in [6.45, 7) is 2.99. The van der Waals surface area contributed by atoms with E-state index >= 15 is 0 Å². The zero-order valence-corrected chi connectivity index (χ0v) is 9.86. The van der Waals surface area contributed by atoms with Crippen molar-refractivity contribution < 1.29 is 4.74 Å². The fourth-order valence-corrected chi connectivity index (χ4v) is 2.27. The van der Waals surface area contributed by atoms with Gasteiger partial charge >= 0.3 is 0 Å². The van der Waals surface area contributed by atoms with Gasteiger partial charge in [-0.25, -0.2) is 4.98 Å². The minimum Gasteiger partial charge on any atom is -0.374 e. The molecule has 0 fully saturated rings. The summed E-state index contributed by atoms with van der Waals surface area (Å²) in [6.07, 6.45) is 2.35.